The second-order valence-corrected chi connectivity index (χ2v) is 16.6. The number of hydrogen-bond donors (Lipinski definition) is 6. The maximum atomic E-state index is 12.9. The lowest BCUT2D eigenvalue weighted by molar-refractivity contribution is -0.114. The summed E-state index contributed by atoms with van der Waals surface area (Å²) in [5.74, 6) is -2.89. The molecule has 0 aromatic heterocycles. The van der Waals surface area contributed by atoms with E-state index >= 15 is 0 Å². The van der Waals surface area contributed by atoms with E-state index in [0.29, 0.717) is 6.07 Å². The van der Waals surface area contributed by atoms with Crippen LogP contribution in [0.15, 0.2) is 83.7 Å². The van der Waals surface area contributed by atoms with E-state index in [1.807, 2.05) is 0 Å². The van der Waals surface area contributed by atoms with Gasteiger partial charge in [-0.15, -0.1) is 20.5 Å². The number of ether oxygens (including phenoxy) is 2. The lowest BCUT2D eigenvalue weighted by Crippen LogP contribution is -2.16. The molecule has 4 rings (SSSR count). The number of anilines is 2. The molecule has 0 aliphatic carbocycles. The van der Waals surface area contributed by atoms with Crippen LogP contribution in [0.25, 0.3) is 10.8 Å². The Morgan fingerprint density at radius 2 is 1.39 bits per heavy atom. The number of nitrogens with two attached hydrogens (primary N) is 1. The molecule has 0 unspecified atom stereocenters. The zero-order valence-electron chi connectivity index (χ0n) is 27.7. The van der Waals surface area contributed by atoms with Crippen molar-refractivity contribution in [1.82, 2.24) is 0 Å². The number of fused-ring (bicyclic) bond motifs is 1. The first-order chi connectivity index (χ1) is 24.9. The van der Waals surface area contributed by atoms with Gasteiger partial charge in [-0.1, -0.05) is 6.07 Å². The number of methoxy groups -OCH3 is 2. The number of azo groups is 2. The van der Waals surface area contributed by atoms with Crippen LogP contribution in [-0.4, -0.2) is 84.9 Å². The van der Waals surface area contributed by atoms with Gasteiger partial charge in [0.05, 0.1) is 48.2 Å². The summed E-state index contributed by atoms with van der Waals surface area (Å²) in [6, 6.07) is 7.96. The fourth-order valence-corrected chi connectivity index (χ4v) is 7.45. The van der Waals surface area contributed by atoms with E-state index in [4.69, 9.17) is 19.8 Å². The molecule has 0 radical (unpaired) electrons. The number of phenolic OH excluding ortho intramolecular Hbond substituents is 1. The number of nitrogen functional groups attached to an aromatic ring is 1. The van der Waals surface area contributed by atoms with Gasteiger partial charge in [0.1, 0.15) is 49.8 Å². The van der Waals surface area contributed by atoms with Crippen molar-refractivity contribution < 1.29 is 70.9 Å². The largest absolute Gasteiger partial charge is 0.507 e. The van der Waals surface area contributed by atoms with Gasteiger partial charge in [-0.25, -0.2) is 12.6 Å². The Morgan fingerprint density at radius 3 is 1.96 bits per heavy atom. The standard InChI is InChI=1S/C28H28N6O16S4/c1-14(35)30-18-10-21(33-34-28-17(29)5-4-15-8-16(52(39,40)41)9-22(36)27(15)28)25(53(42,43)44)12-19(18)31-32-20-11-24(49-3)26(13-23(20)48-2)51(37,38)7-6-50-54(45,46)47/h4-5,8-13,36H,6-7,29H2,1-3H3,(H,30,35)(H,39,40,41)(H,42,43,44)(H,45,46,47)/b32-31+,34-33+. The number of hydrogen-bond acceptors (Lipinski definition) is 18. The van der Waals surface area contributed by atoms with Gasteiger partial charge < -0.3 is 25.6 Å². The molecule has 1 amide bonds. The van der Waals surface area contributed by atoms with Gasteiger partial charge in [0, 0.05) is 25.1 Å². The molecule has 0 atom stereocenters. The van der Waals surface area contributed by atoms with Crippen molar-refractivity contribution in [3.8, 4) is 17.2 Å². The molecule has 290 valence electrons. The fraction of sp³-hybridized carbons (Fsp3) is 0.179. The number of rotatable bonds is 14. The van der Waals surface area contributed by atoms with E-state index in [1.165, 1.54) is 12.1 Å². The Labute approximate surface area is 306 Å². The normalized spacial score (nSPS) is 12.8. The molecular weight excluding hydrogens is 805 g/mol. The summed E-state index contributed by atoms with van der Waals surface area (Å²) in [4.78, 5) is 10.0. The fourth-order valence-electron chi connectivity index (χ4n) is 4.63. The number of aromatic hydroxyl groups is 1. The van der Waals surface area contributed by atoms with Crippen LogP contribution in [0.1, 0.15) is 6.92 Å². The molecular formula is C28H28N6O16S4. The number of nitrogens with one attached hydrogen (secondary N) is 1. The lowest BCUT2D eigenvalue weighted by atomic mass is 10.1. The van der Waals surface area contributed by atoms with E-state index in [9.17, 15) is 52.7 Å². The minimum absolute atomic E-state index is 0.0272. The second kappa shape index (κ2) is 15.6. The topological polar surface area (TPSA) is 350 Å². The highest BCUT2D eigenvalue weighted by atomic mass is 32.3. The number of amides is 1. The number of nitrogens with zero attached hydrogens (tertiary/aromatic N) is 4. The van der Waals surface area contributed by atoms with Crippen molar-refractivity contribution in [1.29, 1.82) is 0 Å². The number of benzene rings is 4. The molecule has 0 fully saturated rings. The van der Waals surface area contributed by atoms with E-state index < -0.39 is 90.6 Å². The van der Waals surface area contributed by atoms with Crippen molar-refractivity contribution in [3.05, 3.63) is 48.5 Å². The third-order valence-corrected chi connectivity index (χ3v) is 10.8. The minimum atomic E-state index is -5.15. The molecule has 22 nitrogen and oxygen atoms in total. The van der Waals surface area contributed by atoms with Crippen molar-refractivity contribution in [3.63, 3.8) is 0 Å². The molecule has 0 aliphatic heterocycles. The number of carbonyl (C=O) groups is 1. The van der Waals surface area contributed by atoms with Gasteiger partial charge in [-0.05, 0) is 29.7 Å². The summed E-state index contributed by atoms with van der Waals surface area (Å²) in [6.45, 7) is 0.147. The monoisotopic (exact) mass is 832 g/mol. The highest BCUT2D eigenvalue weighted by molar-refractivity contribution is 7.91. The summed E-state index contributed by atoms with van der Waals surface area (Å²) in [7, 11) is -16.9. The van der Waals surface area contributed by atoms with E-state index in [1.54, 1.807) is 0 Å². The highest BCUT2D eigenvalue weighted by Gasteiger charge is 2.25. The molecule has 0 heterocycles. The summed E-state index contributed by atoms with van der Waals surface area (Å²) in [6.07, 6.45) is 0. The van der Waals surface area contributed by atoms with Crippen LogP contribution in [0.3, 0.4) is 0 Å². The van der Waals surface area contributed by atoms with Crippen molar-refractivity contribution in [2.45, 2.75) is 21.6 Å². The third kappa shape index (κ3) is 9.79. The molecule has 7 N–H and O–H groups in total. The Hall–Kier alpha value is -5.35. The molecule has 54 heavy (non-hydrogen) atoms. The summed E-state index contributed by atoms with van der Waals surface area (Å²) < 4.78 is 139. The minimum Gasteiger partial charge on any atom is -0.507 e. The van der Waals surface area contributed by atoms with Crippen LogP contribution in [0.5, 0.6) is 17.2 Å². The smallest absolute Gasteiger partial charge is 0.397 e. The first-order valence-corrected chi connectivity index (χ1v) is 20.2. The first-order valence-electron chi connectivity index (χ1n) is 14.3. The van der Waals surface area contributed by atoms with Crippen molar-refractivity contribution in [2.75, 3.05) is 37.6 Å². The number of sulfone groups is 1. The van der Waals surface area contributed by atoms with E-state index in [-0.39, 0.29) is 45.0 Å². The predicted octanol–water partition coefficient (Wildman–Crippen LogP) is 4.02. The van der Waals surface area contributed by atoms with Crippen LogP contribution in [0.2, 0.25) is 0 Å². The SMILES string of the molecule is COc1cc(S(=O)(=O)CCOS(=O)(=O)O)c(OC)cc1/N=N/c1cc(S(=O)(=O)O)c(/N=N/c2c(N)ccc3cc(S(=O)(=O)O)cc(O)c23)cc1NC(C)=O. The van der Waals surface area contributed by atoms with Crippen molar-refractivity contribution >= 4 is 91.3 Å². The lowest BCUT2D eigenvalue weighted by Gasteiger charge is -2.13. The van der Waals surface area contributed by atoms with E-state index in [2.05, 4.69) is 30.0 Å². The maximum absolute atomic E-state index is 12.9. The van der Waals surface area contributed by atoms with Gasteiger partial charge in [-0.2, -0.15) is 25.3 Å². The third-order valence-electron chi connectivity index (χ3n) is 6.95. The average Bonchev–Trinajstić information content (AvgIpc) is 3.04. The molecule has 0 saturated heterocycles. The molecule has 0 spiro atoms. The van der Waals surface area contributed by atoms with Gasteiger partial charge in [0.15, 0.2) is 9.84 Å². The molecule has 26 heteroatoms. The molecule has 4 aromatic carbocycles. The molecule has 4 aromatic rings. The highest BCUT2D eigenvalue weighted by Crippen LogP contribution is 2.43. The van der Waals surface area contributed by atoms with Gasteiger partial charge >= 0.3 is 10.4 Å². The second-order valence-electron chi connectivity index (χ2n) is 10.7. The van der Waals surface area contributed by atoms with Gasteiger partial charge in [-0.3, -0.25) is 18.5 Å². The molecule has 0 aliphatic rings. The van der Waals surface area contributed by atoms with Crippen LogP contribution < -0.4 is 20.5 Å². The Kier molecular flexibility index (Phi) is 11.9. The van der Waals surface area contributed by atoms with Crippen LogP contribution >= 0.6 is 0 Å². The zero-order valence-corrected chi connectivity index (χ0v) is 31.0. The Morgan fingerprint density at radius 1 is 0.759 bits per heavy atom. The van der Waals surface area contributed by atoms with Crippen LogP contribution in [0.4, 0.5) is 34.1 Å². The predicted molar refractivity (Wildman–Crippen MR) is 188 cm³/mol. The Balaban J connectivity index is 1.85. The Bertz CT molecular complexity index is 2680. The first kappa shape index (κ1) is 41.4. The summed E-state index contributed by atoms with van der Waals surface area (Å²) in [5.41, 5.74) is 4.15. The summed E-state index contributed by atoms with van der Waals surface area (Å²) in [5, 5.41) is 28.6. The zero-order chi connectivity index (χ0) is 40.4. The molecule has 0 saturated carbocycles. The average molecular weight is 833 g/mol. The van der Waals surface area contributed by atoms with Gasteiger partial charge in [0.25, 0.3) is 20.2 Å². The van der Waals surface area contributed by atoms with Crippen molar-refractivity contribution in [2.24, 2.45) is 20.5 Å². The van der Waals surface area contributed by atoms with Gasteiger partial charge in [0.2, 0.25) is 5.91 Å². The number of phenols is 1. The number of carbonyl (C=O) groups excluding carboxylic acids is 1. The maximum Gasteiger partial charge on any atom is 0.397 e. The van der Waals surface area contributed by atoms with Crippen LogP contribution in [0, 0.1) is 0 Å². The molecule has 0 bridgehead atoms. The van der Waals surface area contributed by atoms with E-state index in [0.717, 1.165) is 51.5 Å². The summed E-state index contributed by atoms with van der Waals surface area (Å²) >= 11 is 0. The van der Waals surface area contributed by atoms with Crippen LogP contribution in [-0.2, 0) is 49.5 Å². The quantitative estimate of drug-likeness (QED) is 0.0593.